The molecule has 0 saturated heterocycles. The number of fused-ring (bicyclic) bond motifs is 2. The minimum Gasteiger partial charge on any atom is -0.441 e. The highest BCUT2D eigenvalue weighted by molar-refractivity contribution is 6.42. The predicted molar refractivity (Wildman–Crippen MR) is 141 cm³/mol. The first-order valence-corrected chi connectivity index (χ1v) is 13.3. The van der Waals surface area contributed by atoms with E-state index in [0.29, 0.717) is 28.9 Å². The molecule has 9 heteroatoms. The van der Waals surface area contributed by atoms with Crippen molar-refractivity contribution in [2.24, 2.45) is 11.7 Å². The van der Waals surface area contributed by atoms with Gasteiger partial charge in [-0.15, -0.1) is 0 Å². The zero-order valence-electron chi connectivity index (χ0n) is 20.4. The van der Waals surface area contributed by atoms with E-state index < -0.39 is 11.7 Å². The molecule has 2 heterocycles. The van der Waals surface area contributed by atoms with Gasteiger partial charge in [0.25, 0.3) is 0 Å². The van der Waals surface area contributed by atoms with E-state index in [-0.39, 0.29) is 11.9 Å². The molecule has 6 nitrogen and oxygen atoms in total. The van der Waals surface area contributed by atoms with Crippen LogP contribution in [0.5, 0.6) is 0 Å². The van der Waals surface area contributed by atoms with Gasteiger partial charge in [-0.1, -0.05) is 48.9 Å². The summed E-state index contributed by atoms with van der Waals surface area (Å²) >= 11 is 12.5. The van der Waals surface area contributed by atoms with E-state index in [9.17, 15) is 9.18 Å². The standard InChI is InChI=1S/C27H31Cl2FN4O2/c1-27(36-26(31)35,15-17-4-2-3-5-17)25(34-11-8-18-12-19(30)6-7-23(18)34)9-10-33-16-32-22-13-20(28)21(29)14-24(22)33/h6-7,12-14,16-17,25H,2-5,8-11,15H2,1H3,(H2,31,35)/t25?,27-/m0/s1. The van der Waals surface area contributed by atoms with Crippen molar-refractivity contribution in [3.05, 3.63) is 58.1 Å². The molecule has 1 aromatic heterocycles. The summed E-state index contributed by atoms with van der Waals surface area (Å²) < 4.78 is 22.0. The van der Waals surface area contributed by atoms with Crippen LogP contribution in [0.2, 0.25) is 10.0 Å². The van der Waals surface area contributed by atoms with Crippen molar-refractivity contribution in [3.63, 3.8) is 0 Å². The predicted octanol–water partition coefficient (Wildman–Crippen LogP) is 6.74. The molecule has 2 aromatic carbocycles. The number of ether oxygens (including phenoxy) is 1. The monoisotopic (exact) mass is 532 g/mol. The van der Waals surface area contributed by atoms with E-state index in [1.807, 2.05) is 23.6 Å². The summed E-state index contributed by atoms with van der Waals surface area (Å²) in [6, 6.07) is 8.35. The van der Waals surface area contributed by atoms with Crippen molar-refractivity contribution >= 4 is 46.0 Å². The minimum absolute atomic E-state index is 0.169. The molecule has 1 aliphatic carbocycles. The number of carbonyl (C=O) groups excluding carboxylic acids is 1. The fourth-order valence-electron chi connectivity index (χ4n) is 6.27. The van der Waals surface area contributed by atoms with Gasteiger partial charge in [-0.3, -0.25) is 0 Å². The summed E-state index contributed by atoms with van der Waals surface area (Å²) in [5, 5.41) is 0.938. The largest absolute Gasteiger partial charge is 0.441 e. The number of hydrogen-bond acceptors (Lipinski definition) is 4. The lowest BCUT2D eigenvalue weighted by Gasteiger charge is -2.44. The Morgan fingerprint density at radius 1 is 1.25 bits per heavy atom. The highest BCUT2D eigenvalue weighted by Gasteiger charge is 2.44. The Hall–Kier alpha value is -2.51. The molecule has 0 radical (unpaired) electrons. The van der Waals surface area contributed by atoms with E-state index in [2.05, 4.69) is 9.88 Å². The summed E-state index contributed by atoms with van der Waals surface area (Å²) in [6.07, 6.45) is 7.78. The van der Waals surface area contributed by atoms with E-state index in [1.165, 1.54) is 18.9 Å². The fraction of sp³-hybridized carbons (Fsp3) is 0.481. The van der Waals surface area contributed by atoms with Crippen molar-refractivity contribution in [2.45, 2.75) is 70.1 Å². The Morgan fingerprint density at radius 3 is 2.75 bits per heavy atom. The topological polar surface area (TPSA) is 73.4 Å². The lowest BCUT2D eigenvalue weighted by atomic mass is 9.82. The van der Waals surface area contributed by atoms with Crippen molar-refractivity contribution in [1.29, 1.82) is 0 Å². The summed E-state index contributed by atoms with van der Waals surface area (Å²) in [5.41, 5.74) is 8.43. The molecule has 1 fully saturated rings. The zero-order valence-corrected chi connectivity index (χ0v) is 21.9. The molecule has 36 heavy (non-hydrogen) atoms. The number of rotatable bonds is 8. The summed E-state index contributed by atoms with van der Waals surface area (Å²) in [6.45, 7) is 3.34. The van der Waals surface area contributed by atoms with Gasteiger partial charge in [0.1, 0.15) is 11.4 Å². The van der Waals surface area contributed by atoms with Crippen LogP contribution < -0.4 is 10.6 Å². The van der Waals surface area contributed by atoms with Crippen molar-refractivity contribution in [2.75, 3.05) is 11.4 Å². The molecule has 5 rings (SSSR count). The van der Waals surface area contributed by atoms with E-state index in [0.717, 1.165) is 54.5 Å². The molecule has 1 saturated carbocycles. The molecule has 1 amide bonds. The Bertz CT molecular complexity index is 1280. The number of nitrogens with zero attached hydrogens (tertiary/aromatic N) is 3. The Labute approximate surface area is 220 Å². The van der Waals surface area contributed by atoms with Crippen LogP contribution in [0.15, 0.2) is 36.7 Å². The number of aromatic nitrogens is 2. The highest BCUT2D eigenvalue weighted by atomic mass is 35.5. The third-order valence-corrected chi connectivity index (χ3v) is 8.59. The van der Waals surface area contributed by atoms with Gasteiger partial charge in [0, 0.05) is 18.8 Å². The van der Waals surface area contributed by atoms with Gasteiger partial charge in [0.15, 0.2) is 0 Å². The first-order chi connectivity index (χ1) is 17.2. The number of amides is 1. The average molecular weight is 533 g/mol. The van der Waals surface area contributed by atoms with Crippen molar-refractivity contribution < 1.29 is 13.9 Å². The third kappa shape index (κ3) is 5.00. The van der Waals surface area contributed by atoms with Crippen LogP contribution in [0.1, 0.15) is 51.0 Å². The van der Waals surface area contributed by atoms with Crippen LogP contribution in [0, 0.1) is 11.7 Å². The number of halogens is 3. The number of nitrogens with two attached hydrogens (primary N) is 1. The van der Waals surface area contributed by atoms with Gasteiger partial charge in [-0.05, 0) is 68.0 Å². The second-order valence-corrected chi connectivity index (χ2v) is 11.1. The Kier molecular flexibility index (Phi) is 7.05. The van der Waals surface area contributed by atoms with Crippen LogP contribution in [-0.2, 0) is 17.7 Å². The molecule has 2 N–H and O–H groups in total. The van der Waals surface area contributed by atoms with Gasteiger partial charge < -0.3 is 19.9 Å². The molecule has 3 aromatic rings. The molecular formula is C27H31Cl2FN4O2. The number of anilines is 1. The van der Waals surface area contributed by atoms with Crippen molar-refractivity contribution in [1.82, 2.24) is 9.55 Å². The summed E-state index contributed by atoms with van der Waals surface area (Å²) in [4.78, 5) is 18.9. The maximum atomic E-state index is 14.0. The lowest BCUT2D eigenvalue weighted by Crippen LogP contribution is -2.55. The normalized spacial score (nSPS) is 18.4. The molecule has 1 unspecified atom stereocenters. The maximum absolute atomic E-state index is 14.0. The van der Waals surface area contributed by atoms with Gasteiger partial charge in [-0.2, -0.15) is 0 Å². The van der Waals surface area contributed by atoms with E-state index >= 15 is 0 Å². The molecule has 192 valence electrons. The van der Waals surface area contributed by atoms with Gasteiger partial charge in [0.2, 0.25) is 0 Å². The molecular weight excluding hydrogens is 502 g/mol. The van der Waals surface area contributed by atoms with Gasteiger partial charge in [0.05, 0.1) is 33.4 Å². The first kappa shape index (κ1) is 25.2. The molecule has 0 spiro atoms. The van der Waals surface area contributed by atoms with E-state index in [4.69, 9.17) is 33.7 Å². The number of hydrogen-bond donors (Lipinski definition) is 1. The number of imidazole rings is 1. The molecule has 1 aliphatic heterocycles. The molecule has 2 aliphatic rings. The smallest absolute Gasteiger partial charge is 0.405 e. The van der Waals surface area contributed by atoms with Gasteiger partial charge in [-0.25, -0.2) is 14.2 Å². The SMILES string of the molecule is C[C@@](CC1CCCC1)(OC(N)=O)C(CCn1cnc2cc(Cl)c(Cl)cc21)N1CCc2cc(F)ccc21. The summed E-state index contributed by atoms with van der Waals surface area (Å²) in [7, 11) is 0. The highest BCUT2D eigenvalue weighted by Crippen LogP contribution is 2.41. The number of carbonyl (C=O) groups is 1. The first-order valence-electron chi connectivity index (χ1n) is 12.6. The lowest BCUT2D eigenvalue weighted by molar-refractivity contribution is -0.0119. The van der Waals surface area contributed by atoms with Crippen LogP contribution >= 0.6 is 23.2 Å². The van der Waals surface area contributed by atoms with Crippen molar-refractivity contribution in [3.8, 4) is 0 Å². The second kappa shape index (κ2) is 10.1. The van der Waals surface area contributed by atoms with Crippen LogP contribution in [0.25, 0.3) is 11.0 Å². The summed E-state index contributed by atoms with van der Waals surface area (Å²) in [5.74, 6) is 0.233. The number of primary amides is 1. The minimum atomic E-state index is -0.811. The van der Waals surface area contributed by atoms with Crippen LogP contribution in [0.4, 0.5) is 14.9 Å². The average Bonchev–Trinajstić information content (AvgIpc) is 3.55. The zero-order chi connectivity index (χ0) is 25.4. The van der Waals surface area contributed by atoms with Gasteiger partial charge >= 0.3 is 6.09 Å². The third-order valence-electron chi connectivity index (χ3n) is 7.86. The second-order valence-electron chi connectivity index (χ2n) is 10.3. The number of benzene rings is 2. The van der Waals surface area contributed by atoms with Crippen LogP contribution in [0.3, 0.4) is 0 Å². The quantitative estimate of drug-likeness (QED) is 0.348. The van der Waals surface area contributed by atoms with E-state index in [1.54, 1.807) is 18.5 Å². The Morgan fingerprint density at radius 2 is 2.00 bits per heavy atom. The number of aryl methyl sites for hydroxylation is 1. The van der Waals surface area contributed by atoms with Crippen LogP contribution in [-0.4, -0.2) is 33.8 Å². The Balaban J connectivity index is 1.50. The maximum Gasteiger partial charge on any atom is 0.405 e. The molecule has 2 atom stereocenters. The fourth-order valence-corrected chi connectivity index (χ4v) is 6.58. The molecule has 0 bridgehead atoms.